The molecule has 0 aromatic carbocycles. The highest BCUT2D eigenvalue weighted by atomic mass is 35.5. The number of fused-ring (bicyclic) bond motifs is 3. The SMILES string of the molecule is Cc1nccc(SC2=CC=C3/N=C(/N4CCC5(CC4)CC4C=CC(P(C)C)=CC4C5)C=C/N=C/2N3C)c1Cl. The maximum absolute atomic E-state index is 6.52. The second-order valence-corrected chi connectivity index (χ2v) is 15.0. The number of piperidine rings is 1. The molecule has 0 amide bonds. The fraction of sp³-hybridized carbons (Fsp3) is 0.433. The Balaban J connectivity index is 1.17. The zero-order valence-electron chi connectivity index (χ0n) is 22.6. The number of allylic oxidation sites excluding steroid dienone is 6. The minimum Gasteiger partial charge on any atom is -0.356 e. The topological polar surface area (TPSA) is 44.1 Å². The molecule has 3 aliphatic heterocycles. The lowest BCUT2D eigenvalue weighted by molar-refractivity contribution is 0.149. The average Bonchev–Trinajstić information content (AvgIpc) is 3.25. The molecule has 2 fully saturated rings. The molecular weight excluding hydrogens is 529 g/mol. The fourth-order valence-corrected chi connectivity index (χ4v) is 8.49. The van der Waals surface area contributed by atoms with Crippen LogP contribution >= 0.6 is 31.3 Å². The minimum absolute atomic E-state index is 0.0101. The normalized spacial score (nSPS) is 28.6. The summed E-state index contributed by atoms with van der Waals surface area (Å²) in [5.41, 5.74) is 1.31. The highest BCUT2D eigenvalue weighted by molar-refractivity contribution is 8.04. The number of aromatic nitrogens is 1. The molecule has 1 aromatic heterocycles. The summed E-state index contributed by atoms with van der Waals surface area (Å²) in [7, 11) is 2.03. The minimum atomic E-state index is -0.0101. The third kappa shape index (κ3) is 4.96. The van der Waals surface area contributed by atoms with Gasteiger partial charge in [-0.1, -0.05) is 49.5 Å². The summed E-state index contributed by atoms with van der Waals surface area (Å²) in [5.74, 6) is 4.28. The second-order valence-electron chi connectivity index (χ2n) is 11.2. The number of likely N-dealkylation sites (tertiary alicyclic amines) is 1. The van der Waals surface area contributed by atoms with E-state index in [1.54, 1.807) is 23.3 Å². The van der Waals surface area contributed by atoms with Crippen molar-refractivity contribution in [2.75, 3.05) is 33.5 Å². The van der Waals surface area contributed by atoms with Crippen molar-refractivity contribution in [1.29, 1.82) is 0 Å². The van der Waals surface area contributed by atoms with Gasteiger partial charge >= 0.3 is 0 Å². The van der Waals surface area contributed by atoms with Crippen LogP contribution in [0.3, 0.4) is 0 Å². The van der Waals surface area contributed by atoms with E-state index >= 15 is 0 Å². The van der Waals surface area contributed by atoms with Gasteiger partial charge in [-0.05, 0) is 92.8 Å². The van der Waals surface area contributed by atoms with Crippen molar-refractivity contribution in [2.45, 2.75) is 37.5 Å². The van der Waals surface area contributed by atoms with E-state index in [9.17, 15) is 0 Å². The number of aryl methyl sites for hydroxylation is 1. The van der Waals surface area contributed by atoms with E-state index in [0.717, 1.165) is 57.9 Å². The molecular formula is C30H35ClN5PS. The number of rotatable bonds is 3. The van der Waals surface area contributed by atoms with Crippen molar-refractivity contribution < 1.29 is 0 Å². The Hall–Kier alpha value is -2.14. The van der Waals surface area contributed by atoms with Gasteiger partial charge in [0.15, 0.2) is 0 Å². The lowest BCUT2D eigenvalue weighted by atomic mass is 9.76. The lowest BCUT2D eigenvalue weighted by Crippen LogP contribution is -2.42. The summed E-state index contributed by atoms with van der Waals surface area (Å²) in [5, 5.41) is 2.28. The number of likely N-dealkylation sites (N-methyl/N-ethyl adjacent to an activating group) is 1. The molecule has 2 atom stereocenters. The maximum atomic E-state index is 6.52. The first kappa shape index (κ1) is 26.1. The highest BCUT2D eigenvalue weighted by Gasteiger charge is 2.46. The molecule has 2 bridgehead atoms. The van der Waals surface area contributed by atoms with Crippen molar-refractivity contribution in [1.82, 2.24) is 14.8 Å². The largest absolute Gasteiger partial charge is 0.356 e. The predicted octanol–water partition coefficient (Wildman–Crippen LogP) is 7.43. The van der Waals surface area contributed by atoms with Crippen LogP contribution in [0, 0.1) is 24.2 Å². The molecule has 5 aliphatic rings. The van der Waals surface area contributed by atoms with E-state index in [1.165, 1.54) is 25.7 Å². The highest BCUT2D eigenvalue weighted by Crippen LogP contribution is 2.55. The molecule has 0 radical (unpaired) electrons. The van der Waals surface area contributed by atoms with Crippen molar-refractivity contribution >= 4 is 43.0 Å². The van der Waals surface area contributed by atoms with Crippen molar-refractivity contribution in [3.63, 3.8) is 0 Å². The van der Waals surface area contributed by atoms with Gasteiger partial charge in [0, 0.05) is 37.4 Å². The number of hydrogen-bond acceptors (Lipinski definition) is 6. The summed E-state index contributed by atoms with van der Waals surface area (Å²) >= 11 is 8.13. The third-order valence-electron chi connectivity index (χ3n) is 8.61. The summed E-state index contributed by atoms with van der Waals surface area (Å²) in [6.45, 7) is 8.79. The van der Waals surface area contributed by atoms with Crippen LogP contribution in [-0.2, 0) is 0 Å². The summed E-state index contributed by atoms with van der Waals surface area (Å²) in [6, 6.07) is 1.95. The van der Waals surface area contributed by atoms with Gasteiger partial charge in [-0.25, -0.2) is 9.98 Å². The third-order valence-corrected chi connectivity index (χ3v) is 11.6. The quantitative estimate of drug-likeness (QED) is 0.359. The number of amidine groups is 2. The molecule has 1 saturated heterocycles. The molecule has 0 N–H and O–H groups in total. The standard InChI is InChI=1S/C30H35ClN5PS/c1-20-28(31)24(9-13-32-20)38-25-7-8-26-34-27(10-14-33-29(25)35(26)2)36-15-11-30(12-16-36)18-21-5-6-23(37(3)4)17-22(21)19-30/h5-10,13-14,17,21-22H,11-12,15-16,18-19H2,1-4H3/b14-10?,27-10?,33-14?,33-29-,34-26?,34-27+. The number of thioether (sulfide) groups is 1. The first-order valence-corrected chi connectivity index (χ1v) is 16.9. The van der Waals surface area contributed by atoms with E-state index in [1.807, 2.05) is 26.2 Å². The summed E-state index contributed by atoms with van der Waals surface area (Å²) in [4.78, 5) is 20.8. The Labute approximate surface area is 237 Å². The Bertz CT molecular complexity index is 1350. The van der Waals surface area contributed by atoms with Gasteiger partial charge in [-0.3, -0.25) is 4.98 Å². The average molecular weight is 564 g/mol. The van der Waals surface area contributed by atoms with Gasteiger partial charge in [0.2, 0.25) is 0 Å². The predicted molar refractivity (Wildman–Crippen MR) is 163 cm³/mol. The van der Waals surface area contributed by atoms with Gasteiger partial charge in [0.05, 0.1) is 15.6 Å². The van der Waals surface area contributed by atoms with Crippen LogP contribution in [-0.4, -0.2) is 59.9 Å². The van der Waals surface area contributed by atoms with Crippen LogP contribution in [0.25, 0.3) is 0 Å². The van der Waals surface area contributed by atoms with Gasteiger partial charge in [-0.15, -0.1) is 0 Å². The van der Waals surface area contributed by atoms with E-state index in [0.29, 0.717) is 10.4 Å². The van der Waals surface area contributed by atoms with Crippen molar-refractivity contribution in [2.24, 2.45) is 27.2 Å². The van der Waals surface area contributed by atoms with Crippen LogP contribution in [0.5, 0.6) is 0 Å². The second kappa shape index (κ2) is 10.4. The number of hydrogen-bond donors (Lipinski definition) is 0. The number of pyridine rings is 1. The van der Waals surface area contributed by atoms with Crippen LogP contribution in [0.2, 0.25) is 5.02 Å². The van der Waals surface area contributed by atoms with Gasteiger partial charge in [0.25, 0.3) is 0 Å². The smallest absolute Gasteiger partial charge is 0.147 e. The number of halogens is 1. The first-order valence-electron chi connectivity index (χ1n) is 13.4. The number of aliphatic imine (C=N–C) groups is 2. The Morgan fingerprint density at radius 2 is 1.89 bits per heavy atom. The first-order chi connectivity index (χ1) is 18.3. The fourth-order valence-electron chi connectivity index (χ4n) is 6.37. The molecule has 1 spiro atoms. The molecule has 5 nitrogen and oxygen atoms in total. The summed E-state index contributed by atoms with van der Waals surface area (Å²) < 4.78 is 0. The Kier molecular flexibility index (Phi) is 7.17. The Morgan fingerprint density at radius 3 is 2.68 bits per heavy atom. The lowest BCUT2D eigenvalue weighted by Gasteiger charge is -2.41. The molecule has 8 heteroatoms. The van der Waals surface area contributed by atoms with Gasteiger partial charge in [0.1, 0.15) is 17.5 Å². The zero-order chi connectivity index (χ0) is 26.4. The molecule has 198 valence electrons. The van der Waals surface area contributed by atoms with Crippen molar-refractivity contribution in [3.05, 3.63) is 81.7 Å². The van der Waals surface area contributed by atoms with E-state index in [2.05, 4.69) is 64.6 Å². The van der Waals surface area contributed by atoms with Crippen molar-refractivity contribution in [3.8, 4) is 0 Å². The van der Waals surface area contributed by atoms with Crippen LogP contribution in [0.15, 0.2) is 85.8 Å². The van der Waals surface area contributed by atoms with E-state index < -0.39 is 0 Å². The van der Waals surface area contributed by atoms with Gasteiger partial charge in [-0.2, -0.15) is 0 Å². The summed E-state index contributed by atoms with van der Waals surface area (Å²) in [6.07, 6.45) is 22.7. The molecule has 2 aliphatic carbocycles. The zero-order valence-corrected chi connectivity index (χ0v) is 25.0. The monoisotopic (exact) mass is 563 g/mol. The van der Waals surface area contributed by atoms with Crippen LogP contribution < -0.4 is 0 Å². The number of nitrogens with zero attached hydrogens (tertiary/aromatic N) is 5. The molecule has 6 rings (SSSR count). The van der Waals surface area contributed by atoms with Gasteiger partial charge < -0.3 is 9.80 Å². The van der Waals surface area contributed by atoms with E-state index in [4.69, 9.17) is 21.6 Å². The van der Waals surface area contributed by atoms with Crippen LogP contribution in [0.1, 0.15) is 31.4 Å². The molecule has 2 unspecified atom stereocenters. The molecule has 4 heterocycles. The molecule has 38 heavy (non-hydrogen) atoms. The van der Waals surface area contributed by atoms with E-state index in [-0.39, 0.29) is 7.92 Å². The Morgan fingerprint density at radius 1 is 1.11 bits per heavy atom. The molecule has 1 aromatic rings. The maximum Gasteiger partial charge on any atom is 0.147 e. The molecule has 1 saturated carbocycles. The van der Waals surface area contributed by atoms with Crippen LogP contribution in [0.4, 0.5) is 0 Å².